The Hall–Kier alpha value is -4.09. The van der Waals surface area contributed by atoms with Crippen molar-refractivity contribution in [3.63, 3.8) is 0 Å². The predicted octanol–water partition coefficient (Wildman–Crippen LogP) is 4.38. The molecule has 10 nitrogen and oxygen atoms in total. The lowest BCUT2D eigenvalue weighted by molar-refractivity contribution is -0.138. The van der Waals surface area contributed by atoms with E-state index < -0.39 is 38.6 Å². The Morgan fingerprint density at radius 2 is 1.81 bits per heavy atom. The fourth-order valence-corrected chi connectivity index (χ4v) is 8.59. The third-order valence-electron chi connectivity index (χ3n) is 9.20. The zero-order valence-corrected chi connectivity index (χ0v) is 25.0. The molecule has 226 valence electrons. The number of carboxylic acid groups (broad SMARTS) is 1. The van der Waals surface area contributed by atoms with Crippen LogP contribution in [0.15, 0.2) is 72.9 Å². The van der Waals surface area contributed by atoms with E-state index in [4.69, 9.17) is 0 Å². The fraction of sp³-hybridized carbons (Fsp3) is 0.375. The summed E-state index contributed by atoms with van der Waals surface area (Å²) in [6.45, 7) is 4.19. The predicted molar refractivity (Wildman–Crippen MR) is 163 cm³/mol. The molecule has 3 aromatic rings. The molecule has 4 N–H and O–H groups in total. The molecule has 5 rings (SSSR count). The maximum atomic E-state index is 13.2. The molecule has 11 heteroatoms. The molecule has 0 radical (unpaired) electrons. The van der Waals surface area contributed by atoms with Gasteiger partial charge in [0.1, 0.15) is 11.8 Å². The van der Waals surface area contributed by atoms with E-state index in [1.54, 1.807) is 30.5 Å². The Kier molecular flexibility index (Phi) is 8.40. The average Bonchev–Trinajstić information content (AvgIpc) is 3.31. The van der Waals surface area contributed by atoms with E-state index in [1.807, 2.05) is 56.3 Å². The van der Waals surface area contributed by atoms with E-state index in [2.05, 4.69) is 20.3 Å². The number of anilines is 1. The van der Waals surface area contributed by atoms with Crippen LogP contribution in [0.2, 0.25) is 0 Å². The first kappa shape index (κ1) is 30.4. The summed E-state index contributed by atoms with van der Waals surface area (Å²) in [6, 6.07) is 18.2. The maximum Gasteiger partial charge on any atom is 0.322 e. The van der Waals surface area contributed by atoms with Crippen molar-refractivity contribution in [3.05, 3.63) is 84.2 Å². The van der Waals surface area contributed by atoms with Crippen LogP contribution in [0, 0.1) is 16.7 Å². The monoisotopic (exact) mass is 604 g/mol. The second kappa shape index (κ2) is 11.9. The van der Waals surface area contributed by atoms with Crippen molar-refractivity contribution in [1.29, 1.82) is 0 Å². The number of amides is 2. The number of hydrogen-bond donors (Lipinski definition) is 4. The summed E-state index contributed by atoms with van der Waals surface area (Å²) in [5.74, 6) is -1.55. The summed E-state index contributed by atoms with van der Waals surface area (Å²) in [7, 11) is -4.06. The van der Waals surface area contributed by atoms with Crippen molar-refractivity contribution in [2.24, 2.45) is 16.7 Å². The van der Waals surface area contributed by atoms with Gasteiger partial charge in [0.15, 0.2) is 0 Å². The molecule has 1 unspecified atom stereocenters. The van der Waals surface area contributed by atoms with Crippen molar-refractivity contribution in [2.75, 3.05) is 11.1 Å². The zero-order valence-electron chi connectivity index (χ0n) is 24.2. The zero-order chi connectivity index (χ0) is 30.8. The molecule has 0 spiro atoms. The number of sulfonamides is 1. The Labute approximate surface area is 251 Å². The first-order valence-electron chi connectivity index (χ1n) is 14.3. The number of aromatic nitrogens is 1. The lowest BCUT2D eigenvalue weighted by atomic mass is 9.70. The molecule has 43 heavy (non-hydrogen) atoms. The van der Waals surface area contributed by atoms with Crippen LogP contribution in [0.4, 0.5) is 10.5 Å². The molecule has 1 heterocycles. The van der Waals surface area contributed by atoms with Gasteiger partial charge in [0.2, 0.25) is 10.0 Å². The van der Waals surface area contributed by atoms with Crippen LogP contribution in [-0.4, -0.2) is 48.1 Å². The molecule has 2 aromatic carbocycles. The largest absolute Gasteiger partial charge is 0.480 e. The van der Waals surface area contributed by atoms with Gasteiger partial charge in [0.25, 0.3) is 0 Å². The fourth-order valence-electron chi connectivity index (χ4n) is 6.56. The molecule has 3 atom stereocenters. The SMILES string of the molecule is CC1(C)C2CC[C@@]1(CS(=O)(=O)N[C@@H](Cc1ccc(-c3cccc(NC(=O)NCc4ccccn4)c3)cc1)C(=O)O)C(=O)C2. The number of ketones is 1. The van der Waals surface area contributed by atoms with Crippen LogP contribution in [0.1, 0.15) is 44.4 Å². The van der Waals surface area contributed by atoms with Gasteiger partial charge in [0, 0.05) is 23.7 Å². The van der Waals surface area contributed by atoms with Gasteiger partial charge in [-0.15, -0.1) is 0 Å². The highest BCUT2D eigenvalue weighted by atomic mass is 32.2. The van der Waals surface area contributed by atoms with E-state index >= 15 is 0 Å². The quantitative estimate of drug-likeness (QED) is 0.253. The number of rotatable bonds is 11. The summed E-state index contributed by atoms with van der Waals surface area (Å²) in [6.07, 6.45) is 3.31. The van der Waals surface area contributed by atoms with Crippen LogP contribution in [0.25, 0.3) is 11.1 Å². The topological polar surface area (TPSA) is 155 Å². The lowest BCUT2D eigenvalue weighted by Gasteiger charge is -2.36. The lowest BCUT2D eigenvalue weighted by Crippen LogP contribution is -2.49. The van der Waals surface area contributed by atoms with Crippen molar-refractivity contribution < 1.29 is 27.9 Å². The van der Waals surface area contributed by atoms with Crippen LogP contribution in [-0.2, 0) is 32.6 Å². The van der Waals surface area contributed by atoms with Crippen LogP contribution in [0.5, 0.6) is 0 Å². The Morgan fingerprint density at radius 1 is 1.05 bits per heavy atom. The molecule has 0 aliphatic heterocycles. The number of nitrogens with one attached hydrogen (secondary N) is 3. The number of benzene rings is 2. The van der Waals surface area contributed by atoms with E-state index in [1.165, 1.54) is 0 Å². The number of nitrogens with zero attached hydrogens (tertiary/aromatic N) is 1. The van der Waals surface area contributed by atoms with E-state index in [-0.39, 0.29) is 24.2 Å². The van der Waals surface area contributed by atoms with Crippen molar-refractivity contribution in [1.82, 2.24) is 15.0 Å². The van der Waals surface area contributed by atoms with Gasteiger partial charge in [-0.3, -0.25) is 14.6 Å². The van der Waals surface area contributed by atoms with E-state index in [0.29, 0.717) is 30.6 Å². The number of carbonyl (C=O) groups excluding carboxylic acids is 2. The number of aliphatic carboxylic acids is 1. The minimum absolute atomic E-state index is 0.0361. The number of Topliss-reactive ketones (excluding diaryl/α,β-unsaturated/α-hetero) is 1. The second-order valence-electron chi connectivity index (χ2n) is 12.0. The molecule has 1 aromatic heterocycles. The van der Waals surface area contributed by atoms with Crippen LogP contribution < -0.4 is 15.4 Å². The number of carboxylic acids is 1. The van der Waals surface area contributed by atoms with Gasteiger partial charge >= 0.3 is 12.0 Å². The Balaban J connectivity index is 1.21. The van der Waals surface area contributed by atoms with Gasteiger partial charge in [-0.25, -0.2) is 17.9 Å². The Bertz CT molecular complexity index is 1630. The van der Waals surface area contributed by atoms with Crippen molar-refractivity contribution >= 4 is 33.5 Å². The second-order valence-corrected chi connectivity index (χ2v) is 13.8. The van der Waals surface area contributed by atoms with Gasteiger partial charge in [-0.2, -0.15) is 0 Å². The molecule has 2 amide bonds. The normalized spacial score (nSPS) is 21.3. The van der Waals surface area contributed by atoms with Gasteiger partial charge in [-0.1, -0.05) is 56.3 Å². The molecule has 2 saturated carbocycles. The number of pyridine rings is 1. The first-order chi connectivity index (χ1) is 20.4. The van der Waals surface area contributed by atoms with Crippen LogP contribution in [0.3, 0.4) is 0 Å². The highest BCUT2D eigenvalue weighted by Crippen LogP contribution is 2.64. The molecule has 2 aliphatic rings. The molecular weight excluding hydrogens is 568 g/mol. The maximum absolute atomic E-state index is 13.2. The minimum Gasteiger partial charge on any atom is -0.480 e. The molecular formula is C32H36N4O6S. The molecule has 2 fully saturated rings. The molecule has 2 aliphatic carbocycles. The number of urea groups is 1. The number of hydrogen-bond acceptors (Lipinski definition) is 6. The van der Waals surface area contributed by atoms with Gasteiger partial charge in [0.05, 0.1) is 18.0 Å². The van der Waals surface area contributed by atoms with Crippen molar-refractivity contribution in [3.8, 4) is 11.1 Å². The summed E-state index contributed by atoms with van der Waals surface area (Å²) in [5, 5.41) is 15.4. The number of carbonyl (C=O) groups is 3. The van der Waals surface area contributed by atoms with Crippen LogP contribution >= 0.6 is 0 Å². The van der Waals surface area contributed by atoms with Gasteiger partial charge < -0.3 is 15.7 Å². The van der Waals surface area contributed by atoms with Gasteiger partial charge in [-0.05, 0) is 71.6 Å². The average molecular weight is 605 g/mol. The molecule has 2 bridgehead atoms. The first-order valence-corrected chi connectivity index (χ1v) is 15.9. The highest BCUT2D eigenvalue weighted by molar-refractivity contribution is 7.89. The summed E-state index contributed by atoms with van der Waals surface area (Å²) in [4.78, 5) is 41.4. The summed E-state index contributed by atoms with van der Waals surface area (Å²) < 4.78 is 28.8. The summed E-state index contributed by atoms with van der Waals surface area (Å²) >= 11 is 0. The standard InChI is InChI=1S/C32H36N4O6S/c1-31(2)24-13-14-32(31,28(37)18-24)20-43(41,42)36-27(29(38)39)16-21-9-11-22(12-10-21)23-6-5-8-25(17-23)35-30(40)34-19-26-7-3-4-15-33-26/h3-12,15,17,24,27,36H,13-14,16,18-20H2,1-2H3,(H,38,39)(H2,34,35,40)/t24?,27-,32+/m0/s1. The van der Waals surface area contributed by atoms with E-state index in [0.717, 1.165) is 23.2 Å². The smallest absolute Gasteiger partial charge is 0.322 e. The highest BCUT2D eigenvalue weighted by Gasteiger charge is 2.65. The number of fused-ring (bicyclic) bond motifs is 2. The third-order valence-corrected chi connectivity index (χ3v) is 10.7. The third kappa shape index (κ3) is 6.47. The minimum atomic E-state index is -4.06. The van der Waals surface area contributed by atoms with Crippen molar-refractivity contribution in [2.45, 2.75) is 52.1 Å². The van der Waals surface area contributed by atoms with E-state index in [9.17, 15) is 27.9 Å². The Morgan fingerprint density at radius 3 is 2.44 bits per heavy atom. The summed E-state index contributed by atoms with van der Waals surface area (Å²) in [5.41, 5.74) is 2.23. The molecule has 0 saturated heterocycles.